The number of benzene rings is 1. The van der Waals surface area contributed by atoms with Crippen molar-refractivity contribution in [3.63, 3.8) is 0 Å². The fourth-order valence-corrected chi connectivity index (χ4v) is 1.80. The molecule has 1 heterocycles. The minimum Gasteiger partial charge on any atom is -0.351 e. The van der Waals surface area contributed by atoms with E-state index in [1.807, 2.05) is 36.4 Å². The Morgan fingerprint density at radius 3 is 2.65 bits per heavy atom. The lowest BCUT2D eigenvalue weighted by atomic mass is 10.1. The summed E-state index contributed by atoms with van der Waals surface area (Å²) in [4.78, 5) is 10.7. The topological polar surface area (TPSA) is 92.9 Å². The van der Waals surface area contributed by atoms with Crippen molar-refractivity contribution in [3.05, 3.63) is 53.9 Å². The molecule has 2 rings (SSSR count). The van der Waals surface area contributed by atoms with Crippen molar-refractivity contribution in [3.8, 4) is 0 Å². The molecule has 6 nitrogen and oxygen atoms in total. The van der Waals surface area contributed by atoms with E-state index < -0.39 is 6.03 Å². The minimum absolute atomic E-state index is 0.166. The van der Waals surface area contributed by atoms with E-state index in [1.54, 1.807) is 6.20 Å². The number of nitrogens with zero attached hydrogens (tertiary/aromatic N) is 2. The van der Waals surface area contributed by atoms with Gasteiger partial charge in [0.25, 0.3) is 0 Å². The summed E-state index contributed by atoms with van der Waals surface area (Å²) in [5.41, 5.74) is 7.75. The number of carbonyl (C=O) groups excluding carboxylic acids is 1. The summed E-state index contributed by atoms with van der Waals surface area (Å²) in [6.07, 6.45) is 1.65. The van der Waals surface area contributed by atoms with Crippen molar-refractivity contribution in [2.75, 3.05) is 5.32 Å². The molecule has 6 heteroatoms. The number of amides is 2. The third-order valence-electron chi connectivity index (χ3n) is 2.90. The molecule has 2 amide bonds. The van der Waals surface area contributed by atoms with Crippen molar-refractivity contribution in [2.45, 2.75) is 19.5 Å². The Labute approximate surface area is 117 Å². The standard InChI is InChI=1S/C14H17N5O/c1-10(16-9-13-3-2-8-17-19-13)11-4-6-12(7-5-11)18-14(15)20/h2-8,10,16H,9H2,1H3,(H3,15,18,20). The Morgan fingerprint density at radius 2 is 2.05 bits per heavy atom. The molecular formula is C14H17N5O. The number of hydrogen-bond acceptors (Lipinski definition) is 4. The second-order valence-corrected chi connectivity index (χ2v) is 4.43. The lowest BCUT2D eigenvalue weighted by Gasteiger charge is -2.14. The second-order valence-electron chi connectivity index (χ2n) is 4.43. The normalized spacial score (nSPS) is 11.8. The quantitative estimate of drug-likeness (QED) is 0.773. The second kappa shape index (κ2) is 6.63. The van der Waals surface area contributed by atoms with Crippen molar-refractivity contribution < 1.29 is 4.79 Å². The molecule has 0 fully saturated rings. The predicted molar refractivity (Wildman–Crippen MR) is 76.9 cm³/mol. The average Bonchev–Trinajstić information content (AvgIpc) is 2.46. The lowest BCUT2D eigenvalue weighted by Crippen LogP contribution is -2.20. The van der Waals surface area contributed by atoms with Crippen LogP contribution in [0.25, 0.3) is 0 Å². The van der Waals surface area contributed by atoms with Gasteiger partial charge in [0, 0.05) is 24.5 Å². The molecule has 0 bridgehead atoms. The number of nitrogens with two attached hydrogens (primary N) is 1. The van der Waals surface area contributed by atoms with E-state index in [2.05, 4.69) is 27.8 Å². The first-order valence-electron chi connectivity index (χ1n) is 6.31. The molecule has 0 saturated heterocycles. The van der Waals surface area contributed by atoms with Gasteiger partial charge in [0.15, 0.2) is 0 Å². The molecule has 1 aromatic carbocycles. The van der Waals surface area contributed by atoms with Crippen LogP contribution in [0, 0.1) is 0 Å². The van der Waals surface area contributed by atoms with Crippen molar-refractivity contribution in [1.82, 2.24) is 15.5 Å². The summed E-state index contributed by atoms with van der Waals surface area (Å²) in [6.45, 7) is 2.71. The van der Waals surface area contributed by atoms with Gasteiger partial charge in [-0.25, -0.2) is 4.79 Å². The monoisotopic (exact) mass is 271 g/mol. The van der Waals surface area contributed by atoms with Crippen LogP contribution in [0.15, 0.2) is 42.6 Å². The van der Waals surface area contributed by atoms with Gasteiger partial charge >= 0.3 is 6.03 Å². The molecule has 1 unspecified atom stereocenters. The number of anilines is 1. The molecule has 1 aromatic heterocycles. The van der Waals surface area contributed by atoms with Gasteiger partial charge < -0.3 is 16.4 Å². The molecule has 0 aliphatic carbocycles. The SMILES string of the molecule is CC(NCc1cccnn1)c1ccc(NC(N)=O)cc1. The van der Waals surface area contributed by atoms with E-state index in [1.165, 1.54) is 0 Å². The van der Waals surface area contributed by atoms with E-state index in [-0.39, 0.29) is 6.04 Å². The van der Waals surface area contributed by atoms with E-state index in [0.29, 0.717) is 12.2 Å². The van der Waals surface area contributed by atoms with Crippen LogP contribution in [-0.4, -0.2) is 16.2 Å². The van der Waals surface area contributed by atoms with E-state index in [9.17, 15) is 4.79 Å². The highest BCUT2D eigenvalue weighted by atomic mass is 16.2. The van der Waals surface area contributed by atoms with Crippen LogP contribution < -0.4 is 16.4 Å². The third-order valence-corrected chi connectivity index (χ3v) is 2.90. The molecule has 1 atom stereocenters. The number of carbonyl (C=O) groups is 1. The van der Waals surface area contributed by atoms with Gasteiger partial charge in [-0.05, 0) is 36.8 Å². The number of rotatable bonds is 5. The van der Waals surface area contributed by atoms with Gasteiger partial charge in [0.05, 0.1) is 5.69 Å². The Balaban J connectivity index is 1.92. The summed E-state index contributed by atoms with van der Waals surface area (Å²) in [5, 5.41) is 13.7. The molecule has 0 saturated carbocycles. The molecule has 4 N–H and O–H groups in total. The van der Waals surface area contributed by atoms with Crippen molar-refractivity contribution in [2.24, 2.45) is 5.73 Å². The molecule has 2 aromatic rings. The molecule has 0 aliphatic heterocycles. The van der Waals surface area contributed by atoms with Crippen LogP contribution in [0.3, 0.4) is 0 Å². The zero-order valence-electron chi connectivity index (χ0n) is 11.2. The Hall–Kier alpha value is -2.47. The Morgan fingerprint density at radius 1 is 1.30 bits per heavy atom. The first kappa shape index (κ1) is 14.0. The Kier molecular flexibility index (Phi) is 4.62. The predicted octanol–water partition coefficient (Wildman–Crippen LogP) is 1.82. The summed E-state index contributed by atoms with van der Waals surface area (Å²) < 4.78 is 0. The smallest absolute Gasteiger partial charge is 0.316 e. The van der Waals surface area contributed by atoms with Crippen LogP contribution in [0.1, 0.15) is 24.2 Å². The fraction of sp³-hybridized carbons (Fsp3) is 0.214. The first-order valence-corrected chi connectivity index (χ1v) is 6.31. The lowest BCUT2D eigenvalue weighted by molar-refractivity contribution is 0.259. The number of aromatic nitrogens is 2. The average molecular weight is 271 g/mol. The highest BCUT2D eigenvalue weighted by Crippen LogP contribution is 2.16. The number of urea groups is 1. The highest BCUT2D eigenvalue weighted by molar-refractivity contribution is 5.87. The van der Waals surface area contributed by atoms with Gasteiger partial charge in [-0.1, -0.05) is 12.1 Å². The third kappa shape index (κ3) is 4.03. The maximum Gasteiger partial charge on any atom is 0.316 e. The van der Waals surface area contributed by atoms with Gasteiger partial charge in [0.1, 0.15) is 0 Å². The van der Waals surface area contributed by atoms with Crippen molar-refractivity contribution in [1.29, 1.82) is 0 Å². The summed E-state index contributed by atoms with van der Waals surface area (Å²) in [6, 6.07) is 10.9. The summed E-state index contributed by atoms with van der Waals surface area (Å²) in [7, 11) is 0. The van der Waals surface area contributed by atoms with E-state index >= 15 is 0 Å². The van der Waals surface area contributed by atoms with Gasteiger partial charge in [-0.2, -0.15) is 10.2 Å². The molecule has 0 radical (unpaired) electrons. The zero-order valence-corrected chi connectivity index (χ0v) is 11.2. The van der Waals surface area contributed by atoms with Crippen LogP contribution in [0.5, 0.6) is 0 Å². The van der Waals surface area contributed by atoms with Crippen LogP contribution in [-0.2, 0) is 6.54 Å². The minimum atomic E-state index is -0.563. The first-order chi connectivity index (χ1) is 9.65. The molecular weight excluding hydrogens is 254 g/mol. The Bertz CT molecular complexity index is 556. The van der Waals surface area contributed by atoms with E-state index in [4.69, 9.17) is 5.73 Å². The van der Waals surface area contributed by atoms with Crippen LogP contribution in [0.4, 0.5) is 10.5 Å². The van der Waals surface area contributed by atoms with Crippen LogP contribution >= 0.6 is 0 Å². The van der Waals surface area contributed by atoms with Crippen LogP contribution in [0.2, 0.25) is 0 Å². The zero-order chi connectivity index (χ0) is 14.4. The van der Waals surface area contributed by atoms with E-state index in [0.717, 1.165) is 11.3 Å². The maximum atomic E-state index is 10.7. The van der Waals surface area contributed by atoms with Gasteiger partial charge in [-0.15, -0.1) is 0 Å². The highest BCUT2D eigenvalue weighted by Gasteiger charge is 2.05. The largest absolute Gasteiger partial charge is 0.351 e. The molecule has 20 heavy (non-hydrogen) atoms. The number of hydrogen-bond donors (Lipinski definition) is 3. The van der Waals surface area contributed by atoms with Crippen molar-refractivity contribution >= 4 is 11.7 Å². The molecule has 0 aliphatic rings. The molecule has 0 spiro atoms. The number of nitrogens with one attached hydrogen (secondary N) is 2. The summed E-state index contributed by atoms with van der Waals surface area (Å²) >= 11 is 0. The molecule has 104 valence electrons. The summed E-state index contributed by atoms with van der Waals surface area (Å²) in [5.74, 6) is 0. The van der Waals surface area contributed by atoms with Gasteiger partial charge in [-0.3, -0.25) is 0 Å². The maximum absolute atomic E-state index is 10.7. The number of primary amides is 1. The van der Waals surface area contributed by atoms with Gasteiger partial charge in [0.2, 0.25) is 0 Å². The fourth-order valence-electron chi connectivity index (χ4n) is 1.80.